The molecule has 0 radical (unpaired) electrons. The van der Waals surface area contributed by atoms with Crippen LogP contribution in [0.25, 0.3) is 21.8 Å². The third-order valence-corrected chi connectivity index (χ3v) is 5.11. The zero-order valence-corrected chi connectivity index (χ0v) is 16.1. The Hall–Kier alpha value is -3.41. The van der Waals surface area contributed by atoms with Crippen LogP contribution in [0.1, 0.15) is 36.1 Å². The van der Waals surface area contributed by atoms with Gasteiger partial charge < -0.3 is 14.9 Å². The molecule has 6 nitrogen and oxygen atoms in total. The number of amides is 1. The Morgan fingerprint density at radius 1 is 1.07 bits per heavy atom. The fraction of sp³-hybridized carbons (Fsp3) is 0.227. The van der Waals surface area contributed by atoms with Crippen molar-refractivity contribution in [2.24, 2.45) is 13.0 Å². The predicted octanol–water partition coefficient (Wildman–Crippen LogP) is 3.54. The van der Waals surface area contributed by atoms with E-state index in [0.717, 1.165) is 16.9 Å². The molecule has 2 N–H and O–H groups in total. The first kappa shape index (κ1) is 18.0. The van der Waals surface area contributed by atoms with Crippen LogP contribution >= 0.6 is 0 Å². The van der Waals surface area contributed by atoms with Crippen molar-refractivity contribution in [1.82, 2.24) is 19.9 Å². The Labute approximate surface area is 162 Å². The van der Waals surface area contributed by atoms with Gasteiger partial charge in [0.15, 0.2) is 0 Å². The molecule has 0 saturated heterocycles. The molecule has 0 aliphatic heterocycles. The van der Waals surface area contributed by atoms with E-state index in [2.05, 4.69) is 24.1 Å². The van der Waals surface area contributed by atoms with E-state index in [9.17, 15) is 9.59 Å². The van der Waals surface area contributed by atoms with Crippen LogP contribution < -0.4 is 10.9 Å². The number of nitrogens with one attached hydrogen (secondary N) is 2. The van der Waals surface area contributed by atoms with Gasteiger partial charge in [0, 0.05) is 24.0 Å². The molecule has 1 amide bonds. The van der Waals surface area contributed by atoms with Crippen molar-refractivity contribution in [3.05, 3.63) is 76.5 Å². The second-order valence-electron chi connectivity index (χ2n) is 7.29. The molecule has 0 spiro atoms. The van der Waals surface area contributed by atoms with E-state index in [4.69, 9.17) is 4.98 Å². The summed E-state index contributed by atoms with van der Waals surface area (Å²) in [5.74, 6) is 0.699. The molecule has 28 heavy (non-hydrogen) atoms. The van der Waals surface area contributed by atoms with Crippen molar-refractivity contribution in [3.63, 3.8) is 0 Å². The average molecular weight is 374 g/mol. The minimum Gasteiger partial charge on any atom is -0.342 e. The number of aryl methyl sites for hydroxylation is 1. The number of aromatic nitrogens is 3. The summed E-state index contributed by atoms with van der Waals surface area (Å²) in [6.45, 7) is 4.10. The van der Waals surface area contributed by atoms with Gasteiger partial charge in [-0.2, -0.15) is 0 Å². The van der Waals surface area contributed by atoms with Gasteiger partial charge in [-0.05, 0) is 24.1 Å². The van der Waals surface area contributed by atoms with E-state index in [1.54, 1.807) is 18.2 Å². The molecule has 0 saturated carbocycles. The van der Waals surface area contributed by atoms with Crippen molar-refractivity contribution in [1.29, 1.82) is 0 Å². The van der Waals surface area contributed by atoms with Crippen LogP contribution in [0.4, 0.5) is 0 Å². The van der Waals surface area contributed by atoms with Gasteiger partial charge in [-0.25, -0.2) is 4.98 Å². The topological polar surface area (TPSA) is 79.8 Å². The number of aromatic amines is 1. The minimum absolute atomic E-state index is 0.133. The summed E-state index contributed by atoms with van der Waals surface area (Å²) in [5.41, 5.74) is 2.16. The third kappa shape index (κ3) is 2.97. The molecule has 0 bridgehead atoms. The van der Waals surface area contributed by atoms with Crippen LogP contribution in [0.5, 0.6) is 0 Å². The Morgan fingerprint density at radius 2 is 1.75 bits per heavy atom. The van der Waals surface area contributed by atoms with E-state index < -0.39 is 0 Å². The highest BCUT2D eigenvalue weighted by Crippen LogP contribution is 2.25. The number of carbonyl (C=O) groups excluding carboxylic acids is 1. The highest BCUT2D eigenvalue weighted by atomic mass is 16.2. The van der Waals surface area contributed by atoms with Gasteiger partial charge in [-0.15, -0.1) is 0 Å². The second kappa shape index (κ2) is 6.96. The molecule has 2 aromatic heterocycles. The molecule has 6 heteroatoms. The Morgan fingerprint density at radius 3 is 2.46 bits per heavy atom. The van der Waals surface area contributed by atoms with Crippen LogP contribution in [0.2, 0.25) is 0 Å². The number of para-hydroxylation sites is 2. The molecule has 0 fully saturated rings. The number of nitrogens with zero attached hydrogens (tertiary/aromatic N) is 2. The highest BCUT2D eigenvalue weighted by Gasteiger charge is 2.25. The molecule has 0 aliphatic carbocycles. The fourth-order valence-electron chi connectivity index (χ4n) is 3.59. The van der Waals surface area contributed by atoms with E-state index >= 15 is 0 Å². The number of hydrogen-bond donors (Lipinski definition) is 2. The van der Waals surface area contributed by atoms with Crippen molar-refractivity contribution >= 4 is 27.7 Å². The van der Waals surface area contributed by atoms with Gasteiger partial charge in [0.25, 0.3) is 11.5 Å². The number of pyridine rings is 1. The van der Waals surface area contributed by atoms with Gasteiger partial charge in [0.1, 0.15) is 5.82 Å². The smallest absolute Gasteiger partial charge is 0.255 e. The number of imidazole rings is 1. The summed E-state index contributed by atoms with van der Waals surface area (Å²) in [7, 11) is 1.96. The first-order valence-corrected chi connectivity index (χ1v) is 9.30. The number of benzene rings is 2. The van der Waals surface area contributed by atoms with Crippen molar-refractivity contribution in [3.8, 4) is 0 Å². The molecular weight excluding hydrogens is 352 g/mol. The lowest BCUT2D eigenvalue weighted by molar-refractivity contribution is 0.0924. The molecule has 4 aromatic rings. The van der Waals surface area contributed by atoms with Gasteiger partial charge in [0.2, 0.25) is 0 Å². The van der Waals surface area contributed by atoms with Gasteiger partial charge in [-0.1, -0.05) is 44.2 Å². The second-order valence-corrected chi connectivity index (χ2v) is 7.29. The number of hydrogen-bond acceptors (Lipinski definition) is 3. The lowest BCUT2D eigenvalue weighted by Crippen LogP contribution is -2.34. The number of carbonyl (C=O) groups is 1. The van der Waals surface area contributed by atoms with Crippen LogP contribution in [0.3, 0.4) is 0 Å². The Bertz CT molecular complexity index is 1240. The van der Waals surface area contributed by atoms with Crippen LogP contribution in [-0.2, 0) is 7.05 Å². The average Bonchev–Trinajstić information content (AvgIpc) is 3.03. The summed E-state index contributed by atoms with van der Waals surface area (Å²) < 4.78 is 2.02. The maximum Gasteiger partial charge on any atom is 0.255 e. The van der Waals surface area contributed by atoms with E-state index in [1.807, 2.05) is 41.9 Å². The van der Waals surface area contributed by atoms with Crippen molar-refractivity contribution in [2.45, 2.75) is 19.9 Å². The van der Waals surface area contributed by atoms with Crippen LogP contribution in [-0.4, -0.2) is 20.4 Å². The van der Waals surface area contributed by atoms with E-state index in [-0.39, 0.29) is 23.4 Å². The molecule has 1 unspecified atom stereocenters. The largest absolute Gasteiger partial charge is 0.342 e. The molecule has 1 atom stereocenters. The maximum absolute atomic E-state index is 13.1. The number of rotatable bonds is 4. The number of H-pyrrole nitrogens is 1. The van der Waals surface area contributed by atoms with Gasteiger partial charge >= 0.3 is 0 Å². The number of fused-ring (bicyclic) bond motifs is 2. The lowest BCUT2D eigenvalue weighted by Gasteiger charge is -2.22. The predicted molar refractivity (Wildman–Crippen MR) is 110 cm³/mol. The fourth-order valence-corrected chi connectivity index (χ4v) is 3.59. The zero-order valence-electron chi connectivity index (χ0n) is 16.1. The lowest BCUT2D eigenvalue weighted by atomic mass is 10.0. The first-order chi connectivity index (χ1) is 13.5. The highest BCUT2D eigenvalue weighted by molar-refractivity contribution is 6.06. The molecule has 4 rings (SSSR count). The molecule has 142 valence electrons. The molecule has 2 heterocycles. The summed E-state index contributed by atoms with van der Waals surface area (Å²) in [4.78, 5) is 32.6. The van der Waals surface area contributed by atoms with Gasteiger partial charge in [0.05, 0.1) is 22.6 Å². The summed E-state index contributed by atoms with van der Waals surface area (Å²) in [5, 5.41) is 4.25. The summed E-state index contributed by atoms with van der Waals surface area (Å²) >= 11 is 0. The van der Waals surface area contributed by atoms with Crippen molar-refractivity contribution < 1.29 is 4.79 Å². The van der Waals surface area contributed by atoms with Crippen LogP contribution in [0.15, 0.2) is 59.5 Å². The molecule has 2 aromatic carbocycles. The first-order valence-electron chi connectivity index (χ1n) is 9.30. The van der Waals surface area contributed by atoms with Crippen LogP contribution in [0, 0.1) is 5.92 Å². The minimum atomic E-state index is -0.268. The van der Waals surface area contributed by atoms with Gasteiger partial charge in [-0.3, -0.25) is 9.59 Å². The summed E-state index contributed by atoms with van der Waals surface area (Å²) in [6, 6.07) is 14.8. The molecular formula is C22H22N4O2. The normalized spacial score (nSPS) is 12.6. The quantitative estimate of drug-likeness (QED) is 0.573. The Kier molecular flexibility index (Phi) is 4.47. The third-order valence-electron chi connectivity index (χ3n) is 5.11. The molecule has 0 aliphatic rings. The van der Waals surface area contributed by atoms with E-state index in [0.29, 0.717) is 16.3 Å². The monoisotopic (exact) mass is 374 g/mol. The SMILES string of the molecule is CC(C)C(NC(=O)c1c[nH]c(=O)c2ccccc12)c1nc2ccccc2n1C. The standard InChI is InChI=1S/C22H22N4O2/c1-13(2)19(20-24-17-10-6-7-11-18(17)26(20)3)25-22(28)16-12-23-21(27)15-9-5-4-8-14(15)16/h4-13,19H,1-3H3,(H,23,27)(H,25,28). The summed E-state index contributed by atoms with van der Waals surface area (Å²) in [6.07, 6.45) is 1.48. The maximum atomic E-state index is 13.1. The van der Waals surface area contributed by atoms with Crippen molar-refractivity contribution in [2.75, 3.05) is 0 Å². The zero-order chi connectivity index (χ0) is 19.8. The Balaban J connectivity index is 1.75. The van der Waals surface area contributed by atoms with E-state index in [1.165, 1.54) is 6.20 Å².